The fourth-order valence-corrected chi connectivity index (χ4v) is 0.920. The zero-order valence-corrected chi connectivity index (χ0v) is 18.0. The standard InChI is InChI=1S/C7H7NO4.2Rb/c1-3-4(6(9)10)2-8-5(3)7(11)12;;/h2,8H,1H3,(H,9,10)(H,11,12);;/q;2*+1/p-2. The first-order valence-corrected chi connectivity index (χ1v) is 3.14. The van der Waals surface area contributed by atoms with Crippen LogP contribution in [-0.4, -0.2) is 16.9 Å². The van der Waals surface area contributed by atoms with Crippen LogP contribution in [0.5, 0.6) is 0 Å². The summed E-state index contributed by atoms with van der Waals surface area (Å²) in [4.78, 5) is 22.9. The van der Waals surface area contributed by atoms with E-state index in [1.807, 2.05) is 0 Å². The summed E-state index contributed by atoms with van der Waals surface area (Å²) in [5.74, 6) is -2.84. The van der Waals surface area contributed by atoms with Gasteiger partial charge in [-0.25, -0.2) is 0 Å². The molecule has 1 aromatic heterocycles. The molecule has 0 radical (unpaired) electrons. The Kier molecular flexibility index (Phi) is 10.4. The zero-order chi connectivity index (χ0) is 9.30. The van der Waals surface area contributed by atoms with E-state index in [9.17, 15) is 19.8 Å². The van der Waals surface area contributed by atoms with Gasteiger partial charge in [-0.15, -0.1) is 0 Å². The number of nitrogens with one attached hydrogen (secondary N) is 1. The van der Waals surface area contributed by atoms with Crippen LogP contribution in [0.25, 0.3) is 0 Å². The Hall–Kier alpha value is 1.83. The van der Waals surface area contributed by atoms with Crippen LogP contribution in [0, 0.1) is 6.92 Å². The van der Waals surface area contributed by atoms with Gasteiger partial charge in [0, 0.05) is 11.8 Å². The summed E-state index contributed by atoms with van der Waals surface area (Å²) < 4.78 is 0. The summed E-state index contributed by atoms with van der Waals surface area (Å²) in [7, 11) is 0. The van der Waals surface area contributed by atoms with Gasteiger partial charge in [0.1, 0.15) is 0 Å². The molecule has 1 rings (SSSR count). The van der Waals surface area contributed by atoms with Gasteiger partial charge in [0.25, 0.3) is 0 Å². The monoisotopic (exact) mass is 337 g/mol. The first-order chi connectivity index (χ1) is 5.54. The van der Waals surface area contributed by atoms with Gasteiger partial charge in [-0.3, -0.25) is 0 Å². The van der Waals surface area contributed by atoms with Gasteiger partial charge in [0.05, 0.1) is 17.6 Å². The van der Waals surface area contributed by atoms with Crippen LogP contribution in [0.3, 0.4) is 0 Å². The van der Waals surface area contributed by atoms with Crippen molar-refractivity contribution >= 4 is 11.9 Å². The van der Waals surface area contributed by atoms with Crippen LogP contribution in [-0.2, 0) is 0 Å². The summed E-state index contributed by atoms with van der Waals surface area (Å²) >= 11 is 0. The predicted molar refractivity (Wildman–Crippen MR) is 34.2 cm³/mol. The number of aromatic nitrogens is 1. The molecule has 5 nitrogen and oxygen atoms in total. The molecular formula is C7H5NO4Rb2. The second kappa shape index (κ2) is 8.00. The Morgan fingerprint density at radius 2 is 1.71 bits per heavy atom. The van der Waals surface area contributed by atoms with Gasteiger partial charge in [-0.2, -0.15) is 0 Å². The number of rotatable bonds is 2. The summed E-state index contributed by atoms with van der Waals surface area (Å²) in [6.45, 7) is 1.37. The molecule has 0 aromatic carbocycles. The van der Waals surface area contributed by atoms with E-state index in [2.05, 4.69) is 4.98 Å². The van der Waals surface area contributed by atoms with E-state index >= 15 is 0 Å². The van der Waals surface area contributed by atoms with Crippen LogP contribution < -0.4 is 127 Å². The van der Waals surface area contributed by atoms with E-state index in [1.165, 1.54) is 6.92 Å². The molecule has 64 valence electrons. The fourth-order valence-electron chi connectivity index (χ4n) is 0.920. The van der Waals surface area contributed by atoms with Crippen molar-refractivity contribution in [3.05, 3.63) is 23.0 Å². The maximum atomic E-state index is 10.3. The summed E-state index contributed by atoms with van der Waals surface area (Å²) in [6, 6.07) is 0. The molecule has 0 aliphatic heterocycles. The van der Waals surface area contributed by atoms with Crippen LogP contribution >= 0.6 is 0 Å². The molecule has 0 fully saturated rings. The molecule has 0 bridgehead atoms. The maximum absolute atomic E-state index is 10.3. The number of aromatic carboxylic acids is 2. The molecule has 1 aromatic rings. The van der Waals surface area contributed by atoms with Gasteiger partial charge in [0.2, 0.25) is 0 Å². The minimum atomic E-state index is -1.43. The van der Waals surface area contributed by atoms with Crippen molar-refractivity contribution in [3.8, 4) is 0 Å². The van der Waals surface area contributed by atoms with Gasteiger partial charge >= 0.3 is 116 Å². The summed E-state index contributed by atoms with van der Waals surface area (Å²) in [6.07, 6.45) is 1.07. The molecule has 14 heavy (non-hydrogen) atoms. The third kappa shape index (κ3) is 4.37. The fraction of sp³-hybridized carbons (Fsp3) is 0.143. The molecule has 0 spiro atoms. The smallest absolute Gasteiger partial charge is 0.545 e. The molecule has 0 aliphatic carbocycles. The summed E-state index contributed by atoms with van der Waals surface area (Å²) in [5.41, 5.74) is -0.265. The van der Waals surface area contributed by atoms with E-state index in [0.29, 0.717) is 0 Å². The number of carbonyl (C=O) groups is 2. The van der Waals surface area contributed by atoms with Crippen molar-refractivity contribution in [1.82, 2.24) is 4.98 Å². The van der Waals surface area contributed by atoms with Crippen molar-refractivity contribution in [2.24, 2.45) is 0 Å². The number of hydrogen-bond acceptors (Lipinski definition) is 4. The molecule has 1 N–H and O–H groups in total. The molecule has 0 unspecified atom stereocenters. The molecule has 0 saturated carbocycles. The largest absolute Gasteiger partial charge is 1.00 e. The van der Waals surface area contributed by atoms with Crippen LogP contribution in [0.15, 0.2) is 6.20 Å². The van der Waals surface area contributed by atoms with E-state index in [0.717, 1.165) is 6.20 Å². The topological polar surface area (TPSA) is 96.0 Å². The Morgan fingerprint density at radius 1 is 1.21 bits per heavy atom. The van der Waals surface area contributed by atoms with Gasteiger partial charge in [-0.05, 0) is 12.5 Å². The number of carboxylic acid groups (broad SMARTS) is 2. The second-order valence-electron chi connectivity index (χ2n) is 2.28. The molecule has 7 heteroatoms. The molecule has 0 amide bonds. The normalized spacial score (nSPS) is 8.36. The number of aromatic amines is 1. The Morgan fingerprint density at radius 3 is 1.93 bits per heavy atom. The third-order valence-corrected chi connectivity index (χ3v) is 1.56. The molecule has 0 atom stereocenters. The molecule has 0 saturated heterocycles. The zero-order valence-electron chi connectivity index (χ0n) is 8.21. The number of hydrogen-bond donors (Lipinski definition) is 1. The molecule has 0 aliphatic rings. The van der Waals surface area contributed by atoms with E-state index in [1.54, 1.807) is 0 Å². The van der Waals surface area contributed by atoms with E-state index in [-0.39, 0.29) is 133 Å². The van der Waals surface area contributed by atoms with Crippen LogP contribution in [0.1, 0.15) is 26.4 Å². The third-order valence-electron chi connectivity index (χ3n) is 1.56. The van der Waals surface area contributed by atoms with E-state index < -0.39 is 11.9 Å². The quantitative estimate of drug-likeness (QED) is 0.579. The second-order valence-corrected chi connectivity index (χ2v) is 2.28. The Labute approximate surface area is 178 Å². The average molecular weight is 338 g/mol. The Bertz CT molecular complexity index is 316. The minimum Gasteiger partial charge on any atom is -0.545 e. The number of H-pyrrole nitrogens is 1. The summed E-state index contributed by atoms with van der Waals surface area (Å²) in [5, 5.41) is 20.6. The molecular weight excluding hydrogens is 333 g/mol. The average Bonchev–Trinajstić information content (AvgIpc) is 2.30. The minimum absolute atomic E-state index is 0. The van der Waals surface area contributed by atoms with E-state index in [4.69, 9.17) is 0 Å². The van der Waals surface area contributed by atoms with Crippen molar-refractivity contribution in [1.29, 1.82) is 0 Å². The van der Waals surface area contributed by atoms with Crippen molar-refractivity contribution in [2.75, 3.05) is 0 Å². The van der Waals surface area contributed by atoms with Gasteiger partial charge in [-0.1, -0.05) is 0 Å². The van der Waals surface area contributed by atoms with Gasteiger partial charge < -0.3 is 24.8 Å². The first kappa shape index (κ1) is 18.2. The van der Waals surface area contributed by atoms with Crippen molar-refractivity contribution < 1.29 is 136 Å². The molecule has 1 heterocycles. The SMILES string of the molecule is Cc1c(C(=O)[O-])c[nH]c1C(=O)[O-].[Rb+].[Rb+]. The van der Waals surface area contributed by atoms with Crippen molar-refractivity contribution in [2.45, 2.75) is 6.92 Å². The maximum Gasteiger partial charge on any atom is 1.00 e. The van der Waals surface area contributed by atoms with Crippen molar-refractivity contribution in [3.63, 3.8) is 0 Å². The van der Waals surface area contributed by atoms with Crippen LogP contribution in [0.4, 0.5) is 0 Å². The predicted octanol–water partition coefficient (Wildman–Crippen LogP) is -7.94. The van der Waals surface area contributed by atoms with Crippen LogP contribution in [0.2, 0.25) is 0 Å². The first-order valence-electron chi connectivity index (χ1n) is 3.14. The van der Waals surface area contributed by atoms with Gasteiger partial charge in [0.15, 0.2) is 0 Å². The number of carbonyl (C=O) groups excluding carboxylic acids is 2. The Balaban J connectivity index is 0. The number of carboxylic acids is 2.